The van der Waals surface area contributed by atoms with Crippen molar-refractivity contribution in [2.45, 2.75) is 106 Å². The molecule has 268 valence electrons. The molecule has 1 aliphatic heterocycles. The Balaban J connectivity index is 0.000000635. The van der Waals surface area contributed by atoms with Crippen molar-refractivity contribution in [1.82, 2.24) is 20.2 Å². The van der Waals surface area contributed by atoms with Gasteiger partial charge in [-0.05, 0) is 88.4 Å². The largest absolute Gasteiger partial charge is 0.489 e. The number of rotatable bonds is 13. The van der Waals surface area contributed by atoms with Crippen LogP contribution < -0.4 is 20.7 Å². The number of aromatic nitrogens is 2. The fourth-order valence-corrected chi connectivity index (χ4v) is 5.16. The van der Waals surface area contributed by atoms with Crippen LogP contribution in [-0.4, -0.2) is 61.0 Å². The molecule has 3 N–H and O–H groups in total. The summed E-state index contributed by atoms with van der Waals surface area (Å²) in [6.07, 6.45) is 10.4. The smallest absolute Gasteiger partial charge is 0.229 e. The summed E-state index contributed by atoms with van der Waals surface area (Å²) >= 11 is 6.38. The van der Waals surface area contributed by atoms with E-state index in [0.717, 1.165) is 48.1 Å². The van der Waals surface area contributed by atoms with E-state index in [-0.39, 0.29) is 6.10 Å². The number of hydrogen-bond donors (Lipinski definition) is 3. The Bertz CT molecular complexity index is 1300. The highest BCUT2D eigenvalue weighted by atomic mass is 35.5. The minimum atomic E-state index is 0.0608. The van der Waals surface area contributed by atoms with Crippen molar-refractivity contribution < 1.29 is 9.53 Å². The SMILES string of the molecule is C=O.CCCC(C)C.CCCCCCc1cc(OC(C)C)c(Nc2ncc(Cl)c(Nc3ccccc3C)n2)cc1C.CN1CCNCC1. The first-order valence-electron chi connectivity index (χ1n) is 17.6. The number of likely N-dealkylation sites (N-methyl/N-ethyl adjacent to an activating group) is 1. The van der Waals surface area contributed by atoms with E-state index < -0.39 is 0 Å². The number of nitrogens with zero attached hydrogens (tertiary/aromatic N) is 3. The Morgan fingerprint density at radius 2 is 1.62 bits per heavy atom. The lowest BCUT2D eigenvalue weighted by atomic mass is 10.0. The summed E-state index contributed by atoms with van der Waals surface area (Å²) < 4.78 is 6.15. The Labute approximate surface area is 296 Å². The van der Waals surface area contributed by atoms with Crippen LogP contribution in [0.1, 0.15) is 96.8 Å². The summed E-state index contributed by atoms with van der Waals surface area (Å²) in [5.74, 6) is 2.72. The molecule has 1 aliphatic rings. The number of hydrogen-bond acceptors (Lipinski definition) is 8. The van der Waals surface area contributed by atoms with Crippen LogP contribution in [0.25, 0.3) is 0 Å². The molecule has 0 bridgehead atoms. The molecular weight excluding hydrogens is 620 g/mol. The van der Waals surface area contributed by atoms with E-state index in [2.05, 4.69) is 84.6 Å². The van der Waals surface area contributed by atoms with Crippen LogP contribution in [0.4, 0.5) is 23.1 Å². The molecule has 0 radical (unpaired) electrons. The van der Waals surface area contributed by atoms with Crippen molar-refractivity contribution in [3.8, 4) is 5.75 Å². The third-order valence-corrected chi connectivity index (χ3v) is 7.97. The number of carbonyl (C=O) groups excluding carboxylic acids is 1. The summed E-state index contributed by atoms with van der Waals surface area (Å²) in [5.41, 5.74) is 5.47. The Kier molecular flexibility index (Phi) is 22.2. The number of piperazine rings is 1. The number of para-hydroxylation sites is 1. The second kappa shape index (κ2) is 24.9. The predicted octanol–water partition coefficient (Wildman–Crippen LogP) is 9.92. The van der Waals surface area contributed by atoms with Gasteiger partial charge in [0.05, 0.1) is 18.0 Å². The average molecular weight is 683 g/mol. The molecule has 1 saturated heterocycles. The predicted molar refractivity (Wildman–Crippen MR) is 207 cm³/mol. The highest BCUT2D eigenvalue weighted by Crippen LogP contribution is 2.33. The number of carbonyl (C=O) groups is 1. The van der Waals surface area contributed by atoms with Gasteiger partial charge in [0.25, 0.3) is 0 Å². The molecule has 4 rings (SSSR count). The fourth-order valence-electron chi connectivity index (χ4n) is 5.02. The molecule has 8 nitrogen and oxygen atoms in total. The first kappa shape index (κ1) is 42.8. The minimum absolute atomic E-state index is 0.0608. The second-order valence-corrected chi connectivity index (χ2v) is 13.4. The van der Waals surface area contributed by atoms with Crippen LogP contribution in [0, 0.1) is 19.8 Å². The number of benzene rings is 2. The summed E-state index contributed by atoms with van der Waals surface area (Å²) in [5, 5.41) is 10.4. The molecular formula is C39H63ClN6O2. The molecule has 2 aromatic carbocycles. The Hall–Kier alpha value is -3.20. The van der Waals surface area contributed by atoms with Gasteiger partial charge in [0, 0.05) is 31.9 Å². The third-order valence-electron chi connectivity index (χ3n) is 7.70. The molecule has 3 aromatic rings. The summed E-state index contributed by atoms with van der Waals surface area (Å²) in [4.78, 5) is 19.3. The minimum Gasteiger partial charge on any atom is -0.489 e. The van der Waals surface area contributed by atoms with Gasteiger partial charge in [0.15, 0.2) is 5.82 Å². The molecule has 0 spiro atoms. The van der Waals surface area contributed by atoms with Crippen molar-refractivity contribution in [2.75, 3.05) is 43.9 Å². The fraction of sp³-hybridized carbons (Fsp3) is 0.564. The molecule has 0 saturated carbocycles. The van der Waals surface area contributed by atoms with E-state index in [1.165, 1.54) is 62.7 Å². The lowest BCUT2D eigenvalue weighted by Gasteiger charge is -2.21. The maximum atomic E-state index is 8.00. The normalized spacial score (nSPS) is 12.6. The molecule has 1 aromatic heterocycles. The van der Waals surface area contributed by atoms with Crippen molar-refractivity contribution in [3.63, 3.8) is 0 Å². The van der Waals surface area contributed by atoms with E-state index in [1.807, 2.05) is 51.8 Å². The summed E-state index contributed by atoms with van der Waals surface area (Å²) in [6, 6.07) is 12.3. The first-order valence-corrected chi connectivity index (χ1v) is 18.0. The lowest BCUT2D eigenvalue weighted by molar-refractivity contribution is -0.0980. The zero-order valence-electron chi connectivity index (χ0n) is 31.2. The van der Waals surface area contributed by atoms with Crippen LogP contribution in [0.3, 0.4) is 0 Å². The zero-order chi connectivity index (χ0) is 35.9. The summed E-state index contributed by atoms with van der Waals surface area (Å²) in [6.45, 7) is 24.0. The van der Waals surface area contributed by atoms with Gasteiger partial charge in [-0.1, -0.05) is 89.6 Å². The van der Waals surface area contributed by atoms with Gasteiger partial charge in [-0.15, -0.1) is 0 Å². The molecule has 2 heterocycles. The highest BCUT2D eigenvalue weighted by Gasteiger charge is 2.14. The quantitative estimate of drug-likeness (QED) is 0.154. The standard InChI is InChI=1S/C27H35ClN4O.C6H14.C5H12N2.CH2O/c1-6-7-8-9-13-21-16-25(33-18(2)3)24(15-20(21)5)31-27-29-17-22(28)26(32-27)30-23-14-11-10-12-19(23)4;1-4-5-6(2)3;1-7-4-2-6-3-5-7;1-2/h10-12,14-18H,6-9,13H2,1-5H3,(H2,29,30,31,32);6H,4-5H2,1-3H3;6H,2-5H2,1H3;1H2. The van der Waals surface area contributed by atoms with Crippen LogP contribution in [0.5, 0.6) is 5.75 Å². The number of anilines is 4. The van der Waals surface area contributed by atoms with Gasteiger partial charge in [-0.2, -0.15) is 4.98 Å². The van der Waals surface area contributed by atoms with Gasteiger partial charge in [0.1, 0.15) is 17.6 Å². The molecule has 0 atom stereocenters. The van der Waals surface area contributed by atoms with Crippen LogP contribution in [0.15, 0.2) is 42.6 Å². The number of nitrogens with one attached hydrogen (secondary N) is 3. The Morgan fingerprint density at radius 3 is 2.17 bits per heavy atom. The van der Waals surface area contributed by atoms with Crippen molar-refractivity contribution in [1.29, 1.82) is 0 Å². The zero-order valence-corrected chi connectivity index (χ0v) is 32.0. The maximum absolute atomic E-state index is 8.00. The van der Waals surface area contributed by atoms with Gasteiger partial charge >= 0.3 is 0 Å². The van der Waals surface area contributed by atoms with Gasteiger partial charge in [-0.25, -0.2) is 4.98 Å². The molecule has 48 heavy (non-hydrogen) atoms. The van der Waals surface area contributed by atoms with E-state index >= 15 is 0 Å². The third kappa shape index (κ3) is 17.3. The van der Waals surface area contributed by atoms with E-state index in [0.29, 0.717) is 16.8 Å². The van der Waals surface area contributed by atoms with E-state index in [4.69, 9.17) is 21.1 Å². The average Bonchev–Trinajstić information content (AvgIpc) is 3.05. The molecule has 0 amide bonds. The van der Waals surface area contributed by atoms with Crippen LogP contribution in [-0.2, 0) is 11.2 Å². The lowest BCUT2D eigenvalue weighted by Crippen LogP contribution is -2.40. The maximum Gasteiger partial charge on any atom is 0.229 e. The van der Waals surface area contributed by atoms with Gasteiger partial charge < -0.3 is 30.4 Å². The van der Waals surface area contributed by atoms with Crippen LogP contribution in [0.2, 0.25) is 5.02 Å². The monoisotopic (exact) mass is 682 g/mol. The number of unbranched alkanes of at least 4 members (excludes halogenated alkanes) is 3. The molecule has 9 heteroatoms. The van der Waals surface area contributed by atoms with Crippen molar-refractivity contribution >= 4 is 41.5 Å². The van der Waals surface area contributed by atoms with Gasteiger partial charge in [0.2, 0.25) is 5.95 Å². The molecule has 0 unspecified atom stereocenters. The summed E-state index contributed by atoms with van der Waals surface area (Å²) in [7, 11) is 2.15. The number of ether oxygens (including phenoxy) is 1. The van der Waals surface area contributed by atoms with Gasteiger partial charge in [-0.3, -0.25) is 0 Å². The Morgan fingerprint density at radius 1 is 0.938 bits per heavy atom. The number of halogens is 1. The van der Waals surface area contributed by atoms with Crippen molar-refractivity contribution in [2.24, 2.45) is 5.92 Å². The van der Waals surface area contributed by atoms with Crippen molar-refractivity contribution in [3.05, 3.63) is 64.3 Å². The second-order valence-electron chi connectivity index (χ2n) is 12.9. The molecule has 0 aliphatic carbocycles. The first-order chi connectivity index (χ1) is 23.0. The molecule has 1 fully saturated rings. The number of aryl methyl sites for hydroxylation is 3. The highest BCUT2D eigenvalue weighted by molar-refractivity contribution is 6.32. The topological polar surface area (TPSA) is 91.4 Å². The van der Waals surface area contributed by atoms with Crippen LogP contribution >= 0.6 is 11.6 Å². The van der Waals surface area contributed by atoms with E-state index in [1.54, 1.807) is 6.20 Å². The van der Waals surface area contributed by atoms with E-state index in [9.17, 15) is 0 Å².